The summed E-state index contributed by atoms with van der Waals surface area (Å²) in [7, 11) is -2.13. The SMILES string of the molecule is CNC(C)CNS(=O)(=O)c1ccc(C(F)(F)F)cc1C. The van der Waals surface area contributed by atoms with Crippen LogP contribution < -0.4 is 10.0 Å². The highest BCUT2D eigenvalue weighted by Crippen LogP contribution is 2.31. The van der Waals surface area contributed by atoms with Gasteiger partial charge in [-0.05, 0) is 44.7 Å². The van der Waals surface area contributed by atoms with Crippen molar-refractivity contribution in [3.05, 3.63) is 29.3 Å². The van der Waals surface area contributed by atoms with E-state index in [1.165, 1.54) is 6.92 Å². The Morgan fingerprint density at radius 2 is 1.90 bits per heavy atom. The van der Waals surface area contributed by atoms with Gasteiger partial charge in [-0.3, -0.25) is 0 Å². The molecule has 4 nitrogen and oxygen atoms in total. The smallest absolute Gasteiger partial charge is 0.316 e. The molecule has 1 unspecified atom stereocenters. The second kappa shape index (κ2) is 6.11. The zero-order valence-corrected chi connectivity index (χ0v) is 12.2. The van der Waals surface area contributed by atoms with E-state index in [0.717, 1.165) is 18.2 Å². The molecule has 0 aliphatic carbocycles. The molecule has 1 rings (SSSR count). The number of alkyl halides is 3. The van der Waals surface area contributed by atoms with Crippen LogP contribution in [0.25, 0.3) is 0 Å². The maximum Gasteiger partial charge on any atom is 0.416 e. The molecule has 0 saturated heterocycles. The lowest BCUT2D eigenvalue weighted by atomic mass is 10.1. The molecule has 0 spiro atoms. The Kier molecular flexibility index (Phi) is 5.17. The molecular weight excluding hydrogens is 293 g/mol. The second-order valence-corrected chi connectivity index (χ2v) is 6.26. The third-order valence-corrected chi connectivity index (χ3v) is 4.45. The fourth-order valence-corrected chi connectivity index (χ4v) is 2.90. The third-order valence-electron chi connectivity index (χ3n) is 2.86. The molecular formula is C12H17F3N2O2S. The van der Waals surface area contributed by atoms with E-state index < -0.39 is 21.8 Å². The number of hydrogen-bond donors (Lipinski definition) is 2. The largest absolute Gasteiger partial charge is 0.416 e. The minimum atomic E-state index is -4.48. The Morgan fingerprint density at radius 1 is 1.30 bits per heavy atom. The van der Waals surface area contributed by atoms with Crippen LogP contribution in [0.1, 0.15) is 18.1 Å². The van der Waals surface area contributed by atoms with Gasteiger partial charge in [-0.2, -0.15) is 13.2 Å². The van der Waals surface area contributed by atoms with Crippen LogP contribution in [0.2, 0.25) is 0 Å². The number of halogens is 3. The van der Waals surface area contributed by atoms with E-state index >= 15 is 0 Å². The fraction of sp³-hybridized carbons (Fsp3) is 0.500. The topological polar surface area (TPSA) is 58.2 Å². The lowest BCUT2D eigenvalue weighted by molar-refractivity contribution is -0.137. The Morgan fingerprint density at radius 3 is 2.35 bits per heavy atom. The second-order valence-electron chi connectivity index (χ2n) is 4.52. The molecule has 0 radical (unpaired) electrons. The van der Waals surface area contributed by atoms with E-state index in [1.807, 2.05) is 0 Å². The first-order valence-electron chi connectivity index (χ1n) is 5.92. The molecule has 114 valence electrons. The number of nitrogens with one attached hydrogen (secondary N) is 2. The summed E-state index contributed by atoms with van der Waals surface area (Å²) in [6, 6.07) is 2.49. The fourth-order valence-electron chi connectivity index (χ4n) is 1.54. The van der Waals surface area contributed by atoms with Crippen molar-refractivity contribution < 1.29 is 21.6 Å². The predicted octanol–water partition coefficient (Wildman–Crippen LogP) is 1.90. The summed E-state index contributed by atoms with van der Waals surface area (Å²) in [6.07, 6.45) is -4.48. The molecule has 0 aliphatic rings. The summed E-state index contributed by atoms with van der Waals surface area (Å²) in [6.45, 7) is 3.27. The summed E-state index contributed by atoms with van der Waals surface area (Å²) >= 11 is 0. The van der Waals surface area contributed by atoms with Gasteiger partial charge in [0, 0.05) is 12.6 Å². The molecule has 1 atom stereocenters. The van der Waals surface area contributed by atoms with Gasteiger partial charge in [-0.1, -0.05) is 0 Å². The molecule has 0 aromatic heterocycles. The Bertz CT molecular complexity index is 571. The average molecular weight is 310 g/mol. The van der Waals surface area contributed by atoms with Crippen LogP contribution in [0.3, 0.4) is 0 Å². The highest BCUT2D eigenvalue weighted by Gasteiger charge is 2.31. The molecule has 0 bridgehead atoms. The molecule has 0 heterocycles. The quantitative estimate of drug-likeness (QED) is 0.873. The molecule has 20 heavy (non-hydrogen) atoms. The van der Waals surface area contributed by atoms with Gasteiger partial charge in [0.25, 0.3) is 0 Å². The number of aryl methyl sites for hydroxylation is 1. The van der Waals surface area contributed by atoms with Crippen LogP contribution in [-0.2, 0) is 16.2 Å². The van der Waals surface area contributed by atoms with Gasteiger partial charge in [0.2, 0.25) is 10.0 Å². The van der Waals surface area contributed by atoms with Crippen molar-refractivity contribution in [1.82, 2.24) is 10.0 Å². The van der Waals surface area contributed by atoms with E-state index in [-0.39, 0.29) is 23.0 Å². The monoisotopic (exact) mass is 310 g/mol. The zero-order valence-electron chi connectivity index (χ0n) is 11.4. The van der Waals surface area contributed by atoms with Crippen molar-refractivity contribution in [2.45, 2.75) is 31.0 Å². The van der Waals surface area contributed by atoms with Crippen molar-refractivity contribution in [2.75, 3.05) is 13.6 Å². The van der Waals surface area contributed by atoms with E-state index in [9.17, 15) is 21.6 Å². The molecule has 0 fully saturated rings. The van der Waals surface area contributed by atoms with E-state index in [0.29, 0.717) is 0 Å². The van der Waals surface area contributed by atoms with Gasteiger partial charge < -0.3 is 5.32 Å². The van der Waals surface area contributed by atoms with Crippen LogP contribution in [-0.4, -0.2) is 28.1 Å². The van der Waals surface area contributed by atoms with Crippen molar-refractivity contribution in [1.29, 1.82) is 0 Å². The maximum absolute atomic E-state index is 12.5. The highest BCUT2D eigenvalue weighted by molar-refractivity contribution is 7.89. The minimum absolute atomic E-state index is 0.0597. The number of hydrogen-bond acceptors (Lipinski definition) is 3. The van der Waals surface area contributed by atoms with Gasteiger partial charge in [0.05, 0.1) is 10.5 Å². The van der Waals surface area contributed by atoms with Crippen molar-refractivity contribution in [3.63, 3.8) is 0 Å². The molecule has 0 amide bonds. The Labute approximate surface area is 116 Å². The molecule has 2 N–H and O–H groups in total. The van der Waals surface area contributed by atoms with E-state index in [4.69, 9.17) is 0 Å². The normalized spacial score (nSPS) is 14.3. The van der Waals surface area contributed by atoms with Gasteiger partial charge in [0.15, 0.2) is 0 Å². The lowest BCUT2D eigenvalue weighted by Gasteiger charge is -2.14. The maximum atomic E-state index is 12.5. The molecule has 0 aliphatic heterocycles. The Balaban J connectivity index is 3.02. The molecule has 1 aromatic carbocycles. The Hall–Kier alpha value is -1.12. The third kappa shape index (κ3) is 4.19. The van der Waals surface area contributed by atoms with Gasteiger partial charge in [-0.25, -0.2) is 13.1 Å². The summed E-state index contributed by atoms with van der Waals surface area (Å²) in [5, 5.41) is 2.86. The highest BCUT2D eigenvalue weighted by atomic mass is 32.2. The van der Waals surface area contributed by atoms with Crippen molar-refractivity contribution in [3.8, 4) is 0 Å². The predicted molar refractivity (Wildman–Crippen MR) is 69.9 cm³/mol. The molecule has 0 saturated carbocycles. The standard InChI is InChI=1S/C12H17F3N2O2S/c1-8-6-10(12(13,14)15)4-5-11(8)20(18,19)17-7-9(2)16-3/h4-6,9,16-17H,7H2,1-3H3. The summed E-state index contributed by atoms with van der Waals surface area (Å²) in [4.78, 5) is -0.145. The first kappa shape index (κ1) is 16.9. The van der Waals surface area contributed by atoms with Gasteiger partial charge in [0.1, 0.15) is 0 Å². The molecule has 1 aromatic rings. The number of benzene rings is 1. The summed E-state index contributed by atoms with van der Waals surface area (Å²) in [5.41, 5.74) is -0.804. The van der Waals surface area contributed by atoms with Crippen LogP contribution in [0.15, 0.2) is 23.1 Å². The van der Waals surface area contributed by atoms with Crippen molar-refractivity contribution in [2.24, 2.45) is 0 Å². The van der Waals surface area contributed by atoms with E-state index in [2.05, 4.69) is 10.0 Å². The van der Waals surface area contributed by atoms with Crippen LogP contribution in [0.5, 0.6) is 0 Å². The van der Waals surface area contributed by atoms with Gasteiger partial charge >= 0.3 is 6.18 Å². The number of sulfonamides is 1. The van der Waals surface area contributed by atoms with Crippen LogP contribution in [0.4, 0.5) is 13.2 Å². The number of likely N-dealkylation sites (N-methyl/N-ethyl adjacent to an activating group) is 1. The zero-order chi connectivity index (χ0) is 15.6. The lowest BCUT2D eigenvalue weighted by Crippen LogP contribution is -2.37. The first-order valence-corrected chi connectivity index (χ1v) is 7.41. The van der Waals surface area contributed by atoms with Gasteiger partial charge in [-0.15, -0.1) is 0 Å². The van der Waals surface area contributed by atoms with Crippen LogP contribution in [0, 0.1) is 6.92 Å². The summed E-state index contributed by atoms with van der Waals surface area (Å²) in [5.74, 6) is 0. The van der Waals surface area contributed by atoms with Crippen LogP contribution >= 0.6 is 0 Å². The summed E-state index contributed by atoms with van der Waals surface area (Å²) < 4.78 is 63.9. The number of rotatable bonds is 5. The van der Waals surface area contributed by atoms with E-state index in [1.54, 1.807) is 14.0 Å². The molecule has 8 heteroatoms. The van der Waals surface area contributed by atoms with Crippen molar-refractivity contribution >= 4 is 10.0 Å². The average Bonchev–Trinajstić information content (AvgIpc) is 2.34. The minimum Gasteiger partial charge on any atom is -0.316 e. The first-order chi connectivity index (χ1) is 9.08.